The normalized spacial score (nSPS) is 10.7. The number of benzene rings is 1. The number of amides is 1. The Kier molecular flexibility index (Phi) is 2.83. The smallest absolute Gasteiger partial charge is 0.252 e. The van der Waals surface area contributed by atoms with Gasteiger partial charge in [-0.1, -0.05) is 18.2 Å². The minimum atomic E-state index is -0.542. The van der Waals surface area contributed by atoms with Crippen molar-refractivity contribution in [2.45, 2.75) is 0 Å². The molecular formula is C14H12N4O2. The molecule has 20 heavy (non-hydrogen) atoms. The maximum atomic E-state index is 11.6. The van der Waals surface area contributed by atoms with Crippen molar-refractivity contribution >= 4 is 11.6 Å². The van der Waals surface area contributed by atoms with E-state index in [4.69, 9.17) is 10.5 Å². The molecule has 0 radical (unpaired) electrons. The van der Waals surface area contributed by atoms with Crippen LogP contribution in [-0.2, 0) is 0 Å². The lowest BCUT2D eigenvalue weighted by Crippen LogP contribution is -2.13. The Labute approximate surface area is 114 Å². The molecule has 0 aliphatic rings. The summed E-state index contributed by atoms with van der Waals surface area (Å²) in [6.07, 6.45) is 3.17. The van der Waals surface area contributed by atoms with Gasteiger partial charge >= 0.3 is 0 Å². The van der Waals surface area contributed by atoms with Gasteiger partial charge in [-0.3, -0.25) is 4.79 Å². The molecular weight excluding hydrogens is 256 g/mol. The number of pyridine rings is 1. The number of hydrogen-bond donors (Lipinski definition) is 1. The third-order valence-corrected chi connectivity index (χ3v) is 3.06. The van der Waals surface area contributed by atoms with Crippen molar-refractivity contribution in [3.8, 4) is 16.9 Å². The lowest BCUT2D eigenvalue weighted by atomic mass is 10.0. The first-order chi connectivity index (χ1) is 9.70. The zero-order valence-corrected chi connectivity index (χ0v) is 10.8. The van der Waals surface area contributed by atoms with Gasteiger partial charge in [-0.05, 0) is 12.1 Å². The van der Waals surface area contributed by atoms with Crippen molar-refractivity contribution in [2.24, 2.45) is 5.73 Å². The molecule has 0 aliphatic heterocycles. The Hall–Kier alpha value is -2.89. The third kappa shape index (κ3) is 1.87. The highest BCUT2D eigenvalue weighted by Gasteiger charge is 2.14. The maximum absolute atomic E-state index is 11.6. The van der Waals surface area contributed by atoms with E-state index in [-0.39, 0.29) is 0 Å². The summed E-state index contributed by atoms with van der Waals surface area (Å²) < 4.78 is 6.86. The van der Waals surface area contributed by atoms with Gasteiger partial charge in [-0.2, -0.15) is 5.10 Å². The monoisotopic (exact) mass is 268 g/mol. The summed E-state index contributed by atoms with van der Waals surface area (Å²) >= 11 is 0. The molecule has 0 saturated heterocycles. The predicted molar refractivity (Wildman–Crippen MR) is 73.5 cm³/mol. The van der Waals surface area contributed by atoms with Gasteiger partial charge in [0, 0.05) is 17.3 Å². The summed E-state index contributed by atoms with van der Waals surface area (Å²) in [6, 6.07) is 9.23. The molecule has 0 fully saturated rings. The number of aromatic nitrogens is 3. The number of para-hydroxylation sites is 1. The first-order valence-electron chi connectivity index (χ1n) is 5.97. The molecule has 0 spiro atoms. The summed E-state index contributed by atoms with van der Waals surface area (Å²) in [4.78, 5) is 15.6. The third-order valence-electron chi connectivity index (χ3n) is 3.06. The molecule has 0 unspecified atom stereocenters. The van der Waals surface area contributed by atoms with Crippen LogP contribution in [0.1, 0.15) is 10.4 Å². The van der Waals surface area contributed by atoms with Gasteiger partial charge in [0.25, 0.3) is 5.91 Å². The summed E-state index contributed by atoms with van der Waals surface area (Å²) in [5.41, 5.74) is 7.81. The van der Waals surface area contributed by atoms with Gasteiger partial charge in [0.05, 0.1) is 12.7 Å². The minimum absolute atomic E-state index is 0.325. The molecule has 6 nitrogen and oxygen atoms in total. The zero-order chi connectivity index (χ0) is 14.1. The number of nitrogens with two attached hydrogens (primary N) is 1. The molecule has 0 bridgehead atoms. The van der Waals surface area contributed by atoms with E-state index in [0.29, 0.717) is 17.0 Å². The maximum Gasteiger partial charge on any atom is 0.252 e. The van der Waals surface area contributed by atoms with E-state index in [1.807, 2.05) is 24.3 Å². The molecule has 0 saturated carbocycles. The van der Waals surface area contributed by atoms with Crippen molar-refractivity contribution in [3.63, 3.8) is 0 Å². The number of carbonyl (C=O) groups is 1. The molecule has 2 aromatic heterocycles. The number of primary amides is 1. The van der Waals surface area contributed by atoms with Crippen molar-refractivity contribution < 1.29 is 9.53 Å². The van der Waals surface area contributed by atoms with Crippen molar-refractivity contribution in [1.82, 2.24) is 14.6 Å². The topological polar surface area (TPSA) is 82.5 Å². The fraction of sp³-hybridized carbons (Fsp3) is 0.0714. The fourth-order valence-electron chi connectivity index (χ4n) is 2.14. The second-order valence-electron chi connectivity index (χ2n) is 4.24. The van der Waals surface area contributed by atoms with Gasteiger partial charge in [-0.15, -0.1) is 0 Å². The quantitative estimate of drug-likeness (QED) is 0.780. The summed E-state index contributed by atoms with van der Waals surface area (Å²) in [5, 5.41) is 4.06. The van der Waals surface area contributed by atoms with E-state index in [1.165, 1.54) is 10.8 Å². The molecule has 0 atom stereocenters. The average molecular weight is 268 g/mol. The summed E-state index contributed by atoms with van der Waals surface area (Å²) in [6.45, 7) is 0. The van der Waals surface area contributed by atoms with Crippen LogP contribution in [0, 0.1) is 0 Å². The van der Waals surface area contributed by atoms with Gasteiger partial charge < -0.3 is 10.5 Å². The highest BCUT2D eigenvalue weighted by atomic mass is 16.5. The first-order valence-corrected chi connectivity index (χ1v) is 5.97. The largest absolute Gasteiger partial charge is 0.496 e. The highest BCUT2D eigenvalue weighted by Crippen LogP contribution is 2.30. The minimum Gasteiger partial charge on any atom is -0.496 e. The lowest BCUT2D eigenvalue weighted by molar-refractivity contribution is 0.100. The number of methoxy groups -OCH3 is 1. The SMILES string of the molecule is COc1ccccc1-c1cc(C(N)=O)c2ncnn2c1. The summed E-state index contributed by atoms with van der Waals surface area (Å²) in [5.74, 6) is 0.169. The second kappa shape index (κ2) is 4.65. The number of carbonyl (C=O) groups excluding carboxylic acids is 1. The molecule has 1 aromatic carbocycles. The predicted octanol–water partition coefficient (Wildman–Crippen LogP) is 1.50. The molecule has 6 heteroatoms. The highest BCUT2D eigenvalue weighted by molar-refractivity contribution is 5.99. The molecule has 2 N–H and O–H groups in total. The van der Waals surface area contributed by atoms with E-state index in [0.717, 1.165) is 11.1 Å². The van der Waals surface area contributed by atoms with Gasteiger partial charge in [0.15, 0.2) is 5.65 Å². The molecule has 100 valence electrons. The van der Waals surface area contributed by atoms with E-state index in [1.54, 1.807) is 19.4 Å². The van der Waals surface area contributed by atoms with E-state index >= 15 is 0 Å². The van der Waals surface area contributed by atoms with Crippen LogP contribution in [0.4, 0.5) is 0 Å². The first kappa shape index (κ1) is 12.2. The van der Waals surface area contributed by atoms with Crippen LogP contribution in [0.15, 0.2) is 42.9 Å². The van der Waals surface area contributed by atoms with Crippen LogP contribution in [0.5, 0.6) is 5.75 Å². The van der Waals surface area contributed by atoms with Crippen LogP contribution in [0.2, 0.25) is 0 Å². The van der Waals surface area contributed by atoms with Gasteiger partial charge in [0.1, 0.15) is 12.1 Å². The van der Waals surface area contributed by atoms with Crippen LogP contribution in [0.25, 0.3) is 16.8 Å². The molecule has 0 aliphatic carbocycles. The van der Waals surface area contributed by atoms with Crippen molar-refractivity contribution in [3.05, 3.63) is 48.4 Å². The van der Waals surface area contributed by atoms with Crippen molar-refractivity contribution in [2.75, 3.05) is 7.11 Å². The number of rotatable bonds is 3. The van der Waals surface area contributed by atoms with E-state index in [9.17, 15) is 4.79 Å². The number of nitrogens with zero attached hydrogens (tertiary/aromatic N) is 3. The lowest BCUT2D eigenvalue weighted by Gasteiger charge is -2.09. The molecule has 3 rings (SSSR count). The molecule has 1 amide bonds. The van der Waals surface area contributed by atoms with E-state index < -0.39 is 5.91 Å². The number of ether oxygens (including phenoxy) is 1. The number of hydrogen-bond acceptors (Lipinski definition) is 4. The second-order valence-corrected chi connectivity index (χ2v) is 4.24. The zero-order valence-electron chi connectivity index (χ0n) is 10.8. The number of fused-ring (bicyclic) bond motifs is 1. The Bertz CT molecular complexity index is 795. The summed E-state index contributed by atoms with van der Waals surface area (Å²) in [7, 11) is 1.60. The Morgan fingerprint density at radius 3 is 2.90 bits per heavy atom. The van der Waals surface area contributed by atoms with Crippen LogP contribution in [-0.4, -0.2) is 27.6 Å². The standard InChI is InChI=1S/C14H12N4O2/c1-20-12-5-3-2-4-10(12)9-6-11(13(15)19)14-16-8-17-18(14)7-9/h2-8H,1H3,(H2,15,19). The average Bonchev–Trinajstić information content (AvgIpc) is 2.94. The Balaban J connectivity index is 2.29. The Morgan fingerprint density at radius 2 is 2.15 bits per heavy atom. The molecule has 3 aromatic rings. The van der Waals surface area contributed by atoms with Gasteiger partial charge in [-0.25, -0.2) is 9.50 Å². The van der Waals surface area contributed by atoms with E-state index in [2.05, 4.69) is 10.1 Å². The van der Waals surface area contributed by atoms with Crippen molar-refractivity contribution in [1.29, 1.82) is 0 Å². The van der Waals surface area contributed by atoms with Gasteiger partial charge in [0.2, 0.25) is 0 Å². The van der Waals surface area contributed by atoms with Crippen LogP contribution >= 0.6 is 0 Å². The Morgan fingerprint density at radius 1 is 1.35 bits per heavy atom. The fourth-order valence-corrected chi connectivity index (χ4v) is 2.14. The van der Waals surface area contributed by atoms with Crippen LogP contribution < -0.4 is 10.5 Å². The molecule has 2 heterocycles. The van der Waals surface area contributed by atoms with Crippen LogP contribution in [0.3, 0.4) is 0 Å².